The number of halogens is 3. The van der Waals surface area contributed by atoms with Crippen molar-refractivity contribution in [3.63, 3.8) is 0 Å². The average molecular weight is 301 g/mol. The number of benzene rings is 1. The number of nitrogens with zero attached hydrogens (tertiary/aromatic N) is 1. The standard InChI is InChI=1S/C14H14F3NO3/c1-9(18(2)13(19)20-8-14(15,16)17)12-7-10-5-3-4-6-11(10)21-12/h3-7,9H,8H2,1-2H3. The van der Waals surface area contributed by atoms with Crippen molar-refractivity contribution in [2.75, 3.05) is 13.7 Å². The molecule has 1 aromatic heterocycles. The number of hydrogen-bond donors (Lipinski definition) is 0. The van der Waals surface area contributed by atoms with Gasteiger partial charge in [-0.15, -0.1) is 0 Å². The van der Waals surface area contributed by atoms with Crippen molar-refractivity contribution < 1.29 is 27.1 Å². The van der Waals surface area contributed by atoms with Crippen LogP contribution in [-0.4, -0.2) is 30.8 Å². The molecule has 0 fully saturated rings. The molecule has 0 aliphatic heterocycles. The fraction of sp³-hybridized carbons (Fsp3) is 0.357. The molecule has 0 spiro atoms. The summed E-state index contributed by atoms with van der Waals surface area (Å²) in [5.74, 6) is 0.475. The third kappa shape index (κ3) is 3.68. The van der Waals surface area contributed by atoms with Gasteiger partial charge in [0.1, 0.15) is 11.3 Å². The molecule has 21 heavy (non-hydrogen) atoms. The van der Waals surface area contributed by atoms with Gasteiger partial charge in [-0.1, -0.05) is 18.2 Å². The van der Waals surface area contributed by atoms with Crippen LogP contribution in [0.15, 0.2) is 34.7 Å². The third-order valence-corrected chi connectivity index (χ3v) is 3.08. The fourth-order valence-electron chi connectivity index (χ4n) is 1.80. The molecule has 1 heterocycles. The number of carbonyl (C=O) groups is 1. The smallest absolute Gasteiger partial charge is 0.422 e. The van der Waals surface area contributed by atoms with Gasteiger partial charge in [-0.05, 0) is 19.1 Å². The minimum absolute atomic E-state index is 0.475. The maximum atomic E-state index is 12.0. The largest absolute Gasteiger partial charge is 0.459 e. The molecular weight excluding hydrogens is 287 g/mol. The molecule has 114 valence electrons. The van der Waals surface area contributed by atoms with Crippen LogP contribution in [0.25, 0.3) is 11.0 Å². The van der Waals surface area contributed by atoms with Crippen LogP contribution >= 0.6 is 0 Å². The Morgan fingerprint density at radius 2 is 2.05 bits per heavy atom. The van der Waals surface area contributed by atoms with Gasteiger partial charge < -0.3 is 14.1 Å². The van der Waals surface area contributed by atoms with Gasteiger partial charge in [0.05, 0.1) is 6.04 Å². The van der Waals surface area contributed by atoms with E-state index in [9.17, 15) is 18.0 Å². The van der Waals surface area contributed by atoms with Crippen LogP contribution in [-0.2, 0) is 4.74 Å². The van der Waals surface area contributed by atoms with Crippen molar-refractivity contribution in [1.29, 1.82) is 0 Å². The first-order valence-corrected chi connectivity index (χ1v) is 6.23. The van der Waals surface area contributed by atoms with E-state index in [4.69, 9.17) is 4.42 Å². The Bertz CT molecular complexity index is 603. The van der Waals surface area contributed by atoms with E-state index < -0.39 is 24.9 Å². The Balaban J connectivity index is 2.07. The van der Waals surface area contributed by atoms with Crippen LogP contribution in [0.2, 0.25) is 0 Å². The first-order chi connectivity index (χ1) is 9.78. The zero-order valence-corrected chi connectivity index (χ0v) is 11.5. The topological polar surface area (TPSA) is 42.7 Å². The van der Waals surface area contributed by atoms with Crippen molar-refractivity contribution in [3.05, 3.63) is 36.1 Å². The van der Waals surface area contributed by atoms with Gasteiger partial charge in [0.2, 0.25) is 0 Å². The van der Waals surface area contributed by atoms with Gasteiger partial charge >= 0.3 is 12.3 Å². The number of alkyl halides is 3. The molecule has 0 saturated heterocycles. The van der Waals surface area contributed by atoms with E-state index in [-0.39, 0.29) is 0 Å². The lowest BCUT2D eigenvalue weighted by Gasteiger charge is -2.22. The number of para-hydroxylation sites is 1. The van der Waals surface area contributed by atoms with E-state index >= 15 is 0 Å². The molecule has 0 saturated carbocycles. The lowest BCUT2D eigenvalue weighted by molar-refractivity contribution is -0.162. The molecule has 1 atom stereocenters. The molecule has 0 N–H and O–H groups in total. The van der Waals surface area contributed by atoms with Crippen LogP contribution in [0.1, 0.15) is 18.7 Å². The Morgan fingerprint density at radius 3 is 2.67 bits per heavy atom. The van der Waals surface area contributed by atoms with Crippen molar-refractivity contribution in [1.82, 2.24) is 4.90 Å². The highest BCUT2D eigenvalue weighted by Crippen LogP contribution is 2.27. The van der Waals surface area contributed by atoms with E-state index in [1.807, 2.05) is 18.2 Å². The van der Waals surface area contributed by atoms with Crippen LogP contribution in [0.4, 0.5) is 18.0 Å². The molecule has 2 aromatic rings. The van der Waals surface area contributed by atoms with Crippen LogP contribution < -0.4 is 0 Å². The number of furan rings is 1. The summed E-state index contributed by atoms with van der Waals surface area (Å²) < 4.78 is 45.9. The van der Waals surface area contributed by atoms with E-state index in [0.29, 0.717) is 11.3 Å². The summed E-state index contributed by atoms with van der Waals surface area (Å²) in [6.45, 7) is 0.0373. The summed E-state index contributed by atoms with van der Waals surface area (Å²) in [4.78, 5) is 12.6. The lowest BCUT2D eigenvalue weighted by atomic mass is 10.2. The first kappa shape index (κ1) is 15.2. The van der Waals surface area contributed by atoms with Crippen LogP contribution in [0.3, 0.4) is 0 Å². The normalized spacial score (nSPS) is 13.2. The minimum Gasteiger partial charge on any atom is -0.459 e. The van der Waals surface area contributed by atoms with Gasteiger partial charge in [-0.25, -0.2) is 4.79 Å². The Hall–Kier alpha value is -2.18. The molecule has 0 bridgehead atoms. The highest BCUT2D eigenvalue weighted by molar-refractivity contribution is 5.78. The molecule has 1 unspecified atom stereocenters. The lowest BCUT2D eigenvalue weighted by Crippen LogP contribution is -2.32. The quantitative estimate of drug-likeness (QED) is 0.856. The minimum atomic E-state index is -4.54. The van der Waals surface area contributed by atoms with Crippen molar-refractivity contribution in [2.45, 2.75) is 19.1 Å². The summed E-state index contributed by atoms with van der Waals surface area (Å²) >= 11 is 0. The highest BCUT2D eigenvalue weighted by Gasteiger charge is 2.31. The zero-order chi connectivity index (χ0) is 15.6. The number of hydrogen-bond acceptors (Lipinski definition) is 3. The van der Waals surface area contributed by atoms with E-state index in [1.54, 1.807) is 19.1 Å². The summed E-state index contributed by atoms with van der Waals surface area (Å²) in [6.07, 6.45) is -5.60. The molecule has 1 aromatic carbocycles. The first-order valence-electron chi connectivity index (χ1n) is 6.23. The van der Waals surface area contributed by atoms with Crippen molar-refractivity contribution in [3.8, 4) is 0 Å². The molecule has 7 heteroatoms. The Morgan fingerprint density at radius 1 is 1.38 bits per heavy atom. The molecule has 0 aliphatic rings. The Kier molecular flexibility index (Phi) is 4.11. The van der Waals surface area contributed by atoms with Gasteiger partial charge in [0.25, 0.3) is 0 Å². The number of ether oxygens (including phenoxy) is 1. The van der Waals surface area contributed by atoms with E-state index in [0.717, 1.165) is 10.3 Å². The maximum absolute atomic E-state index is 12.0. The molecule has 1 amide bonds. The molecule has 4 nitrogen and oxygen atoms in total. The highest BCUT2D eigenvalue weighted by atomic mass is 19.4. The SMILES string of the molecule is CC(c1cc2ccccc2o1)N(C)C(=O)OCC(F)(F)F. The third-order valence-electron chi connectivity index (χ3n) is 3.08. The average Bonchev–Trinajstić information content (AvgIpc) is 2.86. The summed E-state index contributed by atoms with van der Waals surface area (Å²) in [7, 11) is 1.36. The molecular formula is C14H14F3NO3. The van der Waals surface area contributed by atoms with Gasteiger partial charge in [-0.2, -0.15) is 13.2 Å². The molecule has 0 aliphatic carbocycles. The number of fused-ring (bicyclic) bond motifs is 1. The van der Waals surface area contributed by atoms with Gasteiger partial charge in [0.15, 0.2) is 6.61 Å². The van der Waals surface area contributed by atoms with Crippen LogP contribution in [0.5, 0.6) is 0 Å². The number of amides is 1. The molecule has 2 rings (SSSR count). The summed E-state index contributed by atoms with van der Waals surface area (Å²) in [5.41, 5.74) is 0.649. The van der Waals surface area contributed by atoms with Crippen LogP contribution in [0, 0.1) is 0 Å². The van der Waals surface area contributed by atoms with Gasteiger partial charge in [-0.3, -0.25) is 0 Å². The second kappa shape index (κ2) is 5.67. The second-order valence-electron chi connectivity index (χ2n) is 4.64. The summed E-state index contributed by atoms with van der Waals surface area (Å²) in [5, 5.41) is 0.858. The predicted octanol–water partition coefficient (Wildman–Crippen LogP) is 4.12. The maximum Gasteiger partial charge on any atom is 0.422 e. The summed E-state index contributed by atoms with van der Waals surface area (Å²) in [6, 6.07) is 8.46. The van der Waals surface area contributed by atoms with Crippen molar-refractivity contribution >= 4 is 17.1 Å². The fourth-order valence-corrected chi connectivity index (χ4v) is 1.80. The van der Waals surface area contributed by atoms with Crippen molar-refractivity contribution in [2.24, 2.45) is 0 Å². The molecule has 0 radical (unpaired) electrons. The zero-order valence-electron chi connectivity index (χ0n) is 11.5. The Labute approximate surface area is 119 Å². The number of rotatable bonds is 3. The number of carbonyl (C=O) groups excluding carboxylic acids is 1. The predicted molar refractivity (Wildman–Crippen MR) is 69.8 cm³/mol. The van der Waals surface area contributed by atoms with E-state index in [1.165, 1.54) is 7.05 Å². The van der Waals surface area contributed by atoms with E-state index in [2.05, 4.69) is 4.74 Å². The second-order valence-corrected chi connectivity index (χ2v) is 4.64. The monoisotopic (exact) mass is 301 g/mol. The van der Waals surface area contributed by atoms with Gasteiger partial charge in [0, 0.05) is 12.4 Å².